The highest BCUT2D eigenvalue weighted by atomic mass is 35.5. The molecule has 0 unspecified atom stereocenters. The summed E-state index contributed by atoms with van der Waals surface area (Å²) in [6, 6.07) is 13.9. The van der Waals surface area contributed by atoms with Crippen molar-refractivity contribution in [1.82, 2.24) is 19.7 Å². The lowest BCUT2D eigenvalue weighted by Gasteiger charge is -2.22. The molecule has 0 N–H and O–H groups in total. The Hall–Kier alpha value is -2.68. The summed E-state index contributed by atoms with van der Waals surface area (Å²) in [7, 11) is 0. The van der Waals surface area contributed by atoms with Crippen LogP contribution >= 0.6 is 34.7 Å². The molecule has 0 atom stereocenters. The number of aryl methyl sites for hydroxylation is 2. The second-order valence-electron chi connectivity index (χ2n) is 7.59. The van der Waals surface area contributed by atoms with Crippen molar-refractivity contribution in [3.05, 3.63) is 69.7 Å². The first-order valence-corrected chi connectivity index (χ1v) is 12.8. The number of anilines is 2. The van der Waals surface area contributed by atoms with E-state index in [1.807, 2.05) is 61.7 Å². The van der Waals surface area contributed by atoms with Crippen LogP contribution in [0.25, 0.3) is 11.4 Å². The van der Waals surface area contributed by atoms with E-state index in [-0.39, 0.29) is 5.91 Å². The third-order valence-electron chi connectivity index (χ3n) is 5.08. The van der Waals surface area contributed by atoms with Gasteiger partial charge in [0, 0.05) is 30.2 Å². The molecule has 2 aromatic carbocycles. The van der Waals surface area contributed by atoms with Crippen LogP contribution in [-0.4, -0.2) is 25.7 Å². The van der Waals surface area contributed by atoms with Gasteiger partial charge in [0.05, 0.1) is 16.4 Å². The number of hydrogen-bond donors (Lipinski definition) is 0. The van der Waals surface area contributed by atoms with Gasteiger partial charge in [-0.3, -0.25) is 9.69 Å². The summed E-state index contributed by atoms with van der Waals surface area (Å²) in [6.45, 7) is 8.32. The highest BCUT2D eigenvalue weighted by Crippen LogP contribution is 2.38. The number of carbonyl (C=O) groups is 1. The predicted molar refractivity (Wildman–Crippen MR) is 137 cm³/mol. The molecular weight excluding hydrogens is 474 g/mol. The van der Waals surface area contributed by atoms with Gasteiger partial charge in [-0.25, -0.2) is 4.98 Å². The molecule has 0 radical (unpaired) electrons. The zero-order valence-electron chi connectivity index (χ0n) is 18.9. The Morgan fingerprint density at radius 1 is 1.18 bits per heavy atom. The van der Waals surface area contributed by atoms with Gasteiger partial charge in [0.15, 0.2) is 16.1 Å². The monoisotopic (exact) mass is 497 g/mol. The summed E-state index contributed by atoms with van der Waals surface area (Å²) in [6.07, 6.45) is 0. The van der Waals surface area contributed by atoms with Gasteiger partial charge in [0.25, 0.3) is 0 Å². The van der Waals surface area contributed by atoms with Gasteiger partial charge in [-0.15, -0.1) is 21.5 Å². The number of thioether (sulfide) groups is 1. The summed E-state index contributed by atoms with van der Waals surface area (Å²) >= 11 is 9.53. The second-order valence-corrected chi connectivity index (χ2v) is 9.78. The van der Waals surface area contributed by atoms with E-state index in [0.29, 0.717) is 21.6 Å². The van der Waals surface area contributed by atoms with E-state index in [1.54, 1.807) is 16.7 Å². The van der Waals surface area contributed by atoms with E-state index in [0.717, 1.165) is 39.9 Å². The maximum absolute atomic E-state index is 12.6. The maximum atomic E-state index is 12.6. The Morgan fingerprint density at radius 2 is 1.94 bits per heavy atom. The minimum Gasteiger partial charge on any atom is -0.302 e. The van der Waals surface area contributed by atoms with Crippen molar-refractivity contribution in [1.29, 1.82) is 0 Å². The third kappa shape index (κ3) is 4.98. The number of aromatic nitrogens is 4. The van der Waals surface area contributed by atoms with E-state index in [1.165, 1.54) is 18.3 Å². The number of rotatable bonds is 7. The molecule has 9 heteroatoms. The molecule has 0 aliphatic rings. The van der Waals surface area contributed by atoms with E-state index in [9.17, 15) is 4.79 Å². The minimum atomic E-state index is -0.129. The van der Waals surface area contributed by atoms with Crippen LogP contribution in [0.5, 0.6) is 0 Å². The van der Waals surface area contributed by atoms with Gasteiger partial charge in [-0.2, -0.15) is 0 Å². The van der Waals surface area contributed by atoms with Crippen molar-refractivity contribution in [2.75, 3.05) is 4.90 Å². The molecule has 1 amide bonds. The fourth-order valence-electron chi connectivity index (χ4n) is 3.66. The van der Waals surface area contributed by atoms with Crippen LogP contribution in [0.3, 0.4) is 0 Å². The number of halogens is 1. The first kappa shape index (κ1) is 23.5. The summed E-state index contributed by atoms with van der Waals surface area (Å²) in [4.78, 5) is 18.9. The predicted octanol–water partition coefficient (Wildman–Crippen LogP) is 6.67. The van der Waals surface area contributed by atoms with Crippen molar-refractivity contribution < 1.29 is 4.79 Å². The quantitative estimate of drug-likeness (QED) is 0.267. The Bertz CT molecular complexity index is 1260. The largest absolute Gasteiger partial charge is 0.302 e. The molecule has 2 heterocycles. The zero-order valence-corrected chi connectivity index (χ0v) is 21.3. The zero-order chi connectivity index (χ0) is 23.5. The Labute approximate surface area is 206 Å². The fourth-order valence-corrected chi connectivity index (χ4v) is 5.94. The molecule has 0 aliphatic heterocycles. The lowest BCUT2D eigenvalue weighted by atomic mass is 10.1. The maximum Gasteiger partial charge on any atom is 0.230 e. The molecule has 0 saturated carbocycles. The van der Waals surface area contributed by atoms with Crippen LogP contribution in [0.15, 0.2) is 53.0 Å². The molecule has 0 spiro atoms. The number of amides is 1. The Balaban J connectivity index is 1.56. The van der Waals surface area contributed by atoms with Gasteiger partial charge >= 0.3 is 0 Å². The smallest absolute Gasteiger partial charge is 0.230 e. The van der Waals surface area contributed by atoms with E-state index < -0.39 is 0 Å². The first-order chi connectivity index (χ1) is 15.9. The average Bonchev–Trinajstić information content (AvgIpc) is 3.41. The minimum absolute atomic E-state index is 0.129. The van der Waals surface area contributed by atoms with Crippen molar-refractivity contribution >= 4 is 51.4 Å². The molecular formula is C24H24ClN5OS2. The molecule has 0 fully saturated rings. The van der Waals surface area contributed by atoms with Gasteiger partial charge in [0.2, 0.25) is 5.91 Å². The molecule has 6 nitrogen and oxygen atoms in total. The van der Waals surface area contributed by atoms with Gasteiger partial charge in [-0.05, 0) is 38.0 Å². The summed E-state index contributed by atoms with van der Waals surface area (Å²) in [5, 5.41) is 12.8. The van der Waals surface area contributed by atoms with Gasteiger partial charge < -0.3 is 4.57 Å². The fraction of sp³-hybridized carbons (Fsp3) is 0.250. The average molecular weight is 498 g/mol. The number of carbonyl (C=O) groups excluding carboxylic acids is 1. The van der Waals surface area contributed by atoms with Crippen LogP contribution in [0.2, 0.25) is 5.02 Å². The number of benzene rings is 2. The van der Waals surface area contributed by atoms with E-state index in [2.05, 4.69) is 21.7 Å². The first-order valence-electron chi connectivity index (χ1n) is 10.5. The molecule has 0 bridgehead atoms. The van der Waals surface area contributed by atoms with Gasteiger partial charge in [0.1, 0.15) is 0 Å². The SMILES string of the molecule is CCn1c(SCc2csc(N(C(C)=O)c3c(C)cc(C)cc3Cl)n2)nnc1-c1ccccc1. The Morgan fingerprint density at radius 3 is 2.61 bits per heavy atom. The van der Waals surface area contributed by atoms with Crippen LogP contribution in [0.1, 0.15) is 30.7 Å². The highest BCUT2D eigenvalue weighted by molar-refractivity contribution is 7.98. The van der Waals surface area contributed by atoms with Crippen LogP contribution in [0, 0.1) is 13.8 Å². The molecule has 170 valence electrons. The van der Waals surface area contributed by atoms with Crippen molar-refractivity contribution in [3.8, 4) is 11.4 Å². The number of hydrogen-bond acceptors (Lipinski definition) is 6. The third-order valence-corrected chi connectivity index (χ3v) is 7.24. The lowest BCUT2D eigenvalue weighted by molar-refractivity contribution is -0.115. The number of thiazole rings is 1. The lowest BCUT2D eigenvalue weighted by Crippen LogP contribution is -2.24. The van der Waals surface area contributed by atoms with Crippen LogP contribution < -0.4 is 4.90 Å². The molecule has 4 aromatic rings. The second kappa shape index (κ2) is 10.1. The normalized spacial score (nSPS) is 11.1. The van der Waals surface area contributed by atoms with Crippen molar-refractivity contribution in [3.63, 3.8) is 0 Å². The molecule has 0 saturated heterocycles. The standard InChI is InChI=1S/C24H24ClN5OS2/c1-5-29-22(18-9-7-6-8-10-18)27-28-24(29)33-14-19-13-32-23(26-19)30(17(4)31)21-16(3)11-15(2)12-20(21)25/h6-13H,5,14H2,1-4H3. The topological polar surface area (TPSA) is 63.9 Å². The van der Waals surface area contributed by atoms with Crippen LogP contribution in [0.4, 0.5) is 10.8 Å². The molecule has 2 aromatic heterocycles. The van der Waals surface area contributed by atoms with Crippen molar-refractivity contribution in [2.24, 2.45) is 0 Å². The molecule has 33 heavy (non-hydrogen) atoms. The highest BCUT2D eigenvalue weighted by Gasteiger charge is 2.23. The van der Waals surface area contributed by atoms with Gasteiger partial charge in [-0.1, -0.05) is 59.8 Å². The summed E-state index contributed by atoms with van der Waals surface area (Å²) < 4.78 is 2.10. The van der Waals surface area contributed by atoms with Crippen LogP contribution in [-0.2, 0) is 17.1 Å². The van der Waals surface area contributed by atoms with E-state index >= 15 is 0 Å². The summed E-state index contributed by atoms with van der Waals surface area (Å²) in [5.41, 5.74) is 4.58. The molecule has 0 aliphatic carbocycles. The molecule has 4 rings (SSSR count). The Kier molecular flexibility index (Phi) is 7.17. The summed E-state index contributed by atoms with van der Waals surface area (Å²) in [5.74, 6) is 1.35. The number of nitrogens with zero attached hydrogens (tertiary/aromatic N) is 5. The van der Waals surface area contributed by atoms with E-state index in [4.69, 9.17) is 16.6 Å². The van der Waals surface area contributed by atoms with Crippen molar-refractivity contribution in [2.45, 2.75) is 45.1 Å².